The van der Waals surface area contributed by atoms with Gasteiger partial charge in [-0.15, -0.1) is 0 Å². The normalized spacial score (nSPS) is 12.7. The Morgan fingerprint density at radius 1 is 0.969 bits per heavy atom. The number of fused-ring (bicyclic) bond motifs is 1. The van der Waals surface area contributed by atoms with Crippen molar-refractivity contribution in [3.8, 4) is 0 Å². The lowest BCUT2D eigenvalue weighted by atomic mass is 9.82. The first-order valence-electron chi connectivity index (χ1n) is 10.3. The molecule has 0 bridgehead atoms. The van der Waals surface area contributed by atoms with E-state index in [1.807, 2.05) is 79.7 Å². The number of hydrogen-bond donors (Lipinski definition) is 2. The average molecular weight is 428 g/mol. The third-order valence-corrected chi connectivity index (χ3v) is 5.44. The molecule has 4 rings (SSSR count). The molecule has 0 spiro atoms. The molecule has 1 atom stereocenters. The Hall–Kier alpha value is -4.06. The summed E-state index contributed by atoms with van der Waals surface area (Å²) in [6, 6.07) is 24.4. The molecule has 4 aromatic rings. The lowest BCUT2D eigenvalue weighted by Crippen LogP contribution is -2.53. The number of aromatic amines is 1. The van der Waals surface area contributed by atoms with Crippen LogP contribution in [0.3, 0.4) is 0 Å². The Bertz CT molecular complexity index is 1250. The van der Waals surface area contributed by atoms with E-state index in [1.54, 1.807) is 12.3 Å². The third-order valence-electron chi connectivity index (χ3n) is 5.44. The van der Waals surface area contributed by atoms with Crippen molar-refractivity contribution in [1.29, 1.82) is 0 Å². The van der Waals surface area contributed by atoms with Crippen molar-refractivity contribution >= 4 is 23.0 Å². The van der Waals surface area contributed by atoms with Crippen molar-refractivity contribution in [2.24, 2.45) is 0 Å². The van der Waals surface area contributed by atoms with Crippen LogP contribution < -0.4 is 5.32 Å². The molecular formula is C26H24N2O4. The van der Waals surface area contributed by atoms with Crippen LogP contribution in [0.25, 0.3) is 10.9 Å². The minimum atomic E-state index is -1.62. The quantitative estimate of drug-likeness (QED) is 0.432. The van der Waals surface area contributed by atoms with Crippen LogP contribution in [0.4, 0.5) is 4.79 Å². The number of esters is 1. The van der Waals surface area contributed by atoms with Crippen molar-refractivity contribution < 1.29 is 19.1 Å². The monoisotopic (exact) mass is 428 g/mol. The number of benzene rings is 3. The van der Waals surface area contributed by atoms with E-state index in [4.69, 9.17) is 9.47 Å². The SMILES string of the molecule is COC(=O)N[C@@](C(=O)OCc1ccccc1)(c1cccc(C)c1)c1c[nH]c2ccccc12. The molecule has 162 valence electrons. The fourth-order valence-electron chi connectivity index (χ4n) is 3.87. The van der Waals surface area contributed by atoms with Gasteiger partial charge in [-0.2, -0.15) is 0 Å². The fraction of sp³-hybridized carbons (Fsp3) is 0.154. The van der Waals surface area contributed by atoms with E-state index in [1.165, 1.54) is 7.11 Å². The van der Waals surface area contributed by atoms with Gasteiger partial charge >= 0.3 is 12.1 Å². The number of H-pyrrole nitrogens is 1. The lowest BCUT2D eigenvalue weighted by Gasteiger charge is -2.32. The Morgan fingerprint density at radius 2 is 1.72 bits per heavy atom. The Kier molecular flexibility index (Phi) is 5.94. The number of carbonyl (C=O) groups excluding carboxylic acids is 2. The Labute approximate surface area is 186 Å². The molecule has 0 aliphatic heterocycles. The number of carbonyl (C=O) groups is 2. The number of hydrogen-bond acceptors (Lipinski definition) is 4. The predicted molar refractivity (Wildman–Crippen MR) is 122 cm³/mol. The first-order valence-corrected chi connectivity index (χ1v) is 10.3. The minimum Gasteiger partial charge on any atom is -0.459 e. The van der Waals surface area contributed by atoms with E-state index >= 15 is 0 Å². The van der Waals surface area contributed by atoms with Gasteiger partial charge in [0.15, 0.2) is 5.54 Å². The molecule has 2 N–H and O–H groups in total. The molecule has 0 saturated heterocycles. The number of ether oxygens (including phenoxy) is 2. The number of alkyl carbamates (subject to hydrolysis) is 1. The summed E-state index contributed by atoms with van der Waals surface area (Å²) in [5, 5.41) is 3.59. The molecule has 1 amide bonds. The number of aromatic nitrogens is 1. The molecule has 1 heterocycles. The number of nitrogens with one attached hydrogen (secondary N) is 2. The first kappa shape index (κ1) is 21.2. The second-order valence-electron chi connectivity index (χ2n) is 7.55. The van der Waals surface area contributed by atoms with Gasteiger partial charge in [0.1, 0.15) is 6.61 Å². The van der Waals surface area contributed by atoms with E-state index in [-0.39, 0.29) is 6.61 Å². The number of rotatable bonds is 6. The maximum atomic E-state index is 13.8. The summed E-state index contributed by atoms with van der Waals surface area (Å²) in [5.74, 6) is -0.609. The Balaban J connectivity index is 1.90. The zero-order valence-electron chi connectivity index (χ0n) is 17.9. The number of amides is 1. The summed E-state index contributed by atoms with van der Waals surface area (Å²) in [6.45, 7) is 2.00. The number of aryl methyl sites for hydroxylation is 1. The molecule has 0 fully saturated rings. The van der Waals surface area contributed by atoms with Crippen molar-refractivity contribution in [2.45, 2.75) is 19.1 Å². The van der Waals surface area contributed by atoms with Crippen LogP contribution in [0.5, 0.6) is 0 Å². The molecule has 0 aliphatic carbocycles. The maximum Gasteiger partial charge on any atom is 0.408 e. The second kappa shape index (κ2) is 8.98. The van der Waals surface area contributed by atoms with Gasteiger partial charge in [0.05, 0.1) is 7.11 Å². The van der Waals surface area contributed by atoms with E-state index in [2.05, 4.69) is 10.3 Å². The van der Waals surface area contributed by atoms with Gasteiger partial charge in [0.25, 0.3) is 0 Å². The topological polar surface area (TPSA) is 80.4 Å². The van der Waals surface area contributed by atoms with Crippen LogP contribution in [0.15, 0.2) is 85.1 Å². The van der Waals surface area contributed by atoms with Crippen LogP contribution >= 0.6 is 0 Å². The van der Waals surface area contributed by atoms with Crippen molar-refractivity contribution in [3.05, 3.63) is 107 Å². The van der Waals surface area contributed by atoms with Crippen molar-refractivity contribution in [2.75, 3.05) is 7.11 Å². The fourth-order valence-corrected chi connectivity index (χ4v) is 3.87. The largest absolute Gasteiger partial charge is 0.459 e. The van der Waals surface area contributed by atoms with Gasteiger partial charge in [0.2, 0.25) is 0 Å². The molecule has 0 aliphatic rings. The summed E-state index contributed by atoms with van der Waals surface area (Å²) >= 11 is 0. The molecule has 1 aromatic heterocycles. The van der Waals surface area contributed by atoms with Gasteiger partial charge in [0, 0.05) is 22.7 Å². The van der Waals surface area contributed by atoms with Crippen molar-refractivity contribution in [1.82, 2.24) is 10.3 Å². The molecule has 0 radical (unpaired) electrons. The summed E-state index contributed by atoms with van der Waals surface area (Å²) < 4.78 is 10.7. The van der Waals surface area contributed by atoms with E-state index in [9.17, 15) is 9.59 Å². The van der Waals surface area contributed by atoms with Gasteiger partial charge in [-0.25, -0.2) is 9.59 Å². The maximum absolute atomic E-state index is 13.8. The van der Waals surface area contributed by atoms with Crippen LogP contribution in [0, 0.1) is 6.92 Å². The summed E-state index contributed by atoms with van der Waals surface area (Å²) in [7, 11) is 1.26. The van der Waals surface area contributed by atoms with E-state index in [0.717, 1.165) is 22.0 Å². The van der Waals surface area contributed by atoms with E-state index in [0.29, 0.717) is 11.1 Å². The summed E-state index contributed by atoms with van der Waals surface area (Å²) in [5.41, 5.74) is 2.15. The zero-order chi connectivity index (χ0) is 22.6. The lowest BCUT2D eigenvalue weighted by molar-refractivity contribution is -0.151. The zero-order valence-corrected chi connectivity index (χ0v) is 17.9. The highest BCUT2D eigenvalue weighted by atomic mass is 16.5. The van der Waals surface area contributed by atoms with Gasteiger partial charge in [-0.05, 0) is 24.1 Å². The molecule has 3 aromatic carbocycles. The highest BCUT2D eigenvalue weighted by molar-refractivity contribution is 5.97. The molecular weight excluding hydrogens is 404 g/mol. The van der Waals surface area contributed by atoms with E-state index < -0.39 is 17.6 Å². The van der Waals surface area contributed by atoms with Gasteiger partial charge in [-0.1, -0.05) is 78.4 Å². The van der Waals surface area contributed by atoms with Crippen LogP contribution in [0.1, 0.15) is 22.3 Å². The minimum absolute atomic E-state index is 0.0679. The first-order chi connectivity index (χ1) is 15.5. The van der Waals surface area contributed by atoms with Crippen LogP contribution in [-0.2, 0) is 26.4 Å². The van der Waals surface area contributed by atoms with Crippen molar-refractivity contribution in [3.63, 3.8) is 0 Å². The molecule has 0 saturated carbocycles. The highest BCUT2D eigenvalue weighted by Gasteiger charge is 2.47. The number of methoxy groups -OCH3 is 1. The molecule has 0 unspecified atom stereocenters. The van der Waals surface area contributed by atoms with Crippen LogP contribution in [0.2, 0.25) is 0 Å². The second-order valence-corrected chi connectivity index (χ2v) is 7.55. The predicted octanol–water partition coefficient (Wildman–Crippen LogP) is 4.82. The van der Waals surface area contributed by atoms with Crippen LogP contribution in [-0.4, -0.2) is 24.2 Å². The molecule has 6 nitrogen and oxygen atoms in total. The molecule has 6 heteroatoms. The third kappa shape index (κ3) is 3.95. The standard InChI is InChI=1S/C26H24N2O4/c1-18-9-8-12-20(15-18)26(28-25(30)31-2,22-16-27-23-14-7-6-13-21(22)23)24(29)32-17-19-10-4-3-5-11-19/h3-16,27H,17H2,1-2H3,(H,28,30)/t26-/m0/s1. The highest BCUT2D eigenvalue weighted by Crippen LogP contribution is 2.37. The summed E-state index contributed by atoms with van der Waals surface area (Å²) in [4.78, 5) is 29.6. The smallest absolute Gasteiger partial charge is 0.408 e. The average Bonchev–Trinajstić information content (AvgIpc) is 3.26. The summed E-state index contributed by atoms with van der Waals surface area (Å²) in [6.07, 6.45) is 0.987. The van der Waals surface area contributed by atoms with Gasteiger partial charge in [-0.3, -0.25) is 5.32 Å². The molecule has 32 heavy (non-hydrogen) atoms. The number of para-hydroxylation sites is 1. The Morgan fingerprint density at radius 3 is 2.47 bits per heavy atom. The van der Waals surface area contributed by atoms with Gasteiger partial charge < -0.3 is 14.5 Å².